The third kappa shape index (κ3) is 2.15. The molecule has 2 atom stereocenters. The van der Waals surface area contributed by atoms with Crippen LogP contribution in [0.2, 0.25) is 0 Å². The molecule has 1 saturated heterocycles. The Bertz CT molecular complexity index is 537. The second kappa shape index (κ2) is 4.27. The largest absolute Gasteiger partial charge is 0.376 e. The van der Waals surface area contributed by atoms with Crippen molar-refractivity contribution in [3.63, 3.8) is 0 Å². The molecule has 0 radical (unpaired) electrons. The van der Waals surface area contributed by atoms with E-state index in [1.807, 2.05) is 0 Å². The monoisotopic (exact) mass is 248 g/mol. The van der Waals surface area contributed by atoms with E-state index in [-0.39, 0.29) is 6.10 Å². The number of rotatable bonds is 2. The Labute approximate surface area is 105 Å². The van der Waals surface area contributed by atoms with Crippen LogP contribution in [0.3, 0.4) is 0 Å². The van der Waals surface area contributed by atoms with Crippen molar-refractivity contribution in [3.05, 3.63) is 23.8 Å². The molecule has 1 aromatic heterocycles. The van der Waals surface area contributed by atoms with Crippen molar-refractivity contribution < 1.29 is 4.74 Å². The molecule has 3 nitrogen and oxygen atoms in total. The zero-order chi connectivity index (χ0) is 11.8. The summed E-state index contributed by atoms with van der Waals surface area (Å²) in [5, 5.41) is 4.49. The lowest BCUT2D eigenvalue weighted by molar-refractivity contribution is 0.121. The molecule has 1 aromatic carbocycles. The highest BCUT2D eigenvalue weighted by molar-refractivity contribution is 7.22. The zero-order valence-corrected chi connectivity index (χ0v) is 10.9. The Balaban J connectivity index is 1.85. The number of hydrogen-bond donors (Lipinski definition) is 1. The van der Waals surface area contributed by atoms with Crippen LogP contribution in [0.5, 0.6) is 0 Å². The molecule has 1 N–H and O–H groups in total. The summed E-state index contributed by atoms with van der Waals surface area (Å²) in [6, 6.07) is 6.78. The predicted molar refractivity (Wildman–Crippen MR) is 71.8 cm³/mol. The average Bonchev–Trinajstić information content (AvgIpc) is 2.85. The maximum atomic E-state index is 5.55. The first kappa shape index (κ1) is 11.0. The first-order valence-electron chi connectivity index (χ1n) is 5.98. The van der Waals surface area contributed by atoms with E-state index in [0.29, 0.717) is 6.04 Å². The fourth-order valence-electron chi connectivity index (χ4n) is 2.17. The van der Waals surface area contributed by atoms with Gasteiger partial charge in [0.05, 0.1) is 22.4 Å². The highest BCUT2D eigenvalue weighted by Gasteiger charge is 2.24. The molecule has 1 fully saturated rings. The van der Waals surface area contributed by atoms with Crippen molar-refractivity contribution in [1.29, 1.82) is 0 Å². The van der Waals surface area contributed by atoms with Crippen LogP contribution in [0.15, 0.2) is 18.2 Å². The number of nitrogens with zero attached hydrogens (tertiary/aromatic N) is 1. The standard InChI is InChI=1S/C13H16N2OS/c1-8-3-4-11-12(7-8)17-13(15-11)14-10-5-6-16-9(10)2/h3-4,7,9-10H,5-6H2,1-2H3,(H,14,15). The van der Waals surface area contributed by atoms with Crippen molar-refractivity contribution in [1.82, 2.24) is 4.98 Å². The summed E-state index contributed by atoms with van der Waals surface area (Å²) in [5.41, 5.74) is 2.36. The second-order valence-electron chi connectivity index (χ2n) is 4.61. The number of fused-ring (bicyclic) bond motifs is 1. The lowest BCUT2D eigenvalue weighted by Gasteiger charge is -2.14. The van der Waals surface area contributed by atoms with E-state index in [1.54, 1.807) is 11.3 Å². The Kier molecular flexibility index (Phi) is 2.76. The Hall–Kier alpha value is -1.13. The van der Waals surface area contributed by atoms with Gasteiger partial charge < -0.3 is 10.1 Å². The molecular formula is C13H16N2OS. The number of nitrogens with one attached hydrogen (secondary N) is 1. The number of benzene rings is 1. The van der Waals surface area contributed by atoms with Crippen molar-refractivity contribution >= 4 is 26.7 Å². The number of thiazole rings is 1. The van der Waals surface area contributed by atoms with Crippen LogP contribution in [0.25, 0.3) is 10.2 Å². The highest BCUT2D eigenvalue weighted by Crippen LogP contribution is 2.28. The summed E-state index contributed by atoms with van der Waals surface area (Å²) in [7, 11) is 0. The Morgan fingerprint density at radius 3 is 3.12 bits per heavy atom. The number of anilines is 1. The first-order chi connectivity index (χ1) is 8.22. The third-order valence-electron chi connectivity index (χ3n) is 3.23. The van der Waals surface area contributed by atoms with Gasteiger partial charge in [-0.3, -0.25) is 0 Å². The van der Waals surface area contributed by atoms with Gasteiger partial charge in [0.2, 0.25) is 0 Å². The van der Waals surface area contributed by atoms with Crippen LogP contribution in [0.4, 0.5) is 5.13 Å². The molecule has 17 heavy (non-hydrogen) atoms. The molecule has 1 aliphatic heterocycles. The lowest BCUT2D eigenvalue weighted by atomic mass is 10.2. The van der Waals surface area contributed by atoms with Crippen LogP contribution < -0.4 is 5.32 Å². The smallest absolute Gasteiger partial charge is 0.184 e. The summed E-state index contributed by atoms with van der Waals surface area (Å²) in [6.45, 7) is 5.07. The molecule has 0 amide bonds. The van der Waals surface area contributed by atoms with Gasteiger partial charge in [0.1, 0.15) is 0 Å². The van der Waals surface area contributed by atoms with Gasteiger partial charge in [0, 0.05) is 6.61 Å². The molecule has 1 aliphatic rings. The molecule has 0 spiro atoms. The van der Waals surface area contributed by atoms with Crippen molar-refractivity contribution in [2.45, 2.75) is 32.4 Å². The molecule has 2 heterocycles. The third-order valence-corrected chi connectivity index (χ3v) is 4.18. The zero-order valence-electron chi connectivity index (χ0n) is 10.1. The van der Waals surface area contributed by atoms with Crippen LogP contribution in [-0.4, -0.2) is 23.7 Å². The van der Waals surface area contributed by atoms with Crippen LogP contribution in [0, 0.1) is 6.92 Å². The van der Waals surface area contributed by atoms with Gasteiger partial charge in [-0.05, 0) is 38.0 Å². The molecule has 0 aliphatic carbocycles. The number of hydrogen-bond acceptors (Lipinski definition) is 4. The second-order valence-corrected chi connectivity index (χ2v) is 5.64. The summed E-state index contributed by atoms with van der Waals surface area (Å²) in [5.74, 6) is 0. The number of aromatic nitrogens is 1. The topological polar surface area (TPSA) is 34.2 Å². The molecule has 0 bridgehead atoms. The van der Waals surface area contributed by atoms with E-state index in [9.17, 15) is 0 Å². The lowest BCUT2D eigenvalue weighted by Crippen LogP contribution is -2.26. The SMILES string of the molecule is Cc1ccc2nc(NC3CCOC3C)sc2c1. The number of aryl methyl sites for hydroxylation is 1. The Morgan fingerprint density at radius 1 is 1.47 bits per heavy atom. The van der Waals surface area contributed by atoms with Gasteiger partial charge in [0.15, 0.2) is 5.13 Å². The first-order valence-corrected chi connectivity index (χ1v) is 6.79. The van der Waals surface area contributed by atoms with Crippen LogP contribution in [0.1, 0.15) is 18.9 Å². The van der Waals surface area contributed by atoms with Gasteiger partial charge in [-0.25, -0.2) is 4.98 Å². The van der Waals surface area contributed by atoms with E-state index >= 15 is 0 Å². The number of ether oxygens (including phenoxy) is 1. The summed E-state index contributed by atoms with van der Waals surface area (Å²) in [4.78, 5) is 4.60. The molecule has 2 unspecified atom stereocenters. The quantitative estimate of drug-likeness (QED) is 0.886. The van der Waals surface area contributed by atoms with Gasteiger partial charge in [-0.2, -0.15) is 0 Å². The van der Waals surface area contributed by atoms with E-state index in [0.717, 1.165) is 23.7 Å². The molecule has 0 saturated carbocycles. The van der Waals surface area contributed by atoms with E-state index in [4.69, 9.17) is 4.74 Å². The maximum Gasteiger partial charge on any atom is 0.184 e. The molecular weight excluding hydrogens is 232 g/mol. The average molecular weight is 248 g/mol. The normalized spacial score (nSPS) is 24.4. The van der Waals surface area contributed by atoms with Crippen LogP contribution >= 0.6 is 11.3 Å². The van der Waals surface area contributed by atoms with Crippen molar-refractivity contribution in [2.24, 2.45) is 0 Å². The summed E-state index contributed by atoms with van der Waals surface area (Å²) in [6.07, 6.45) is 1.35. The molecule has 2 aromatic rings. The fourth-order valence-corrected chi connectivity index (χ4v) is 3.20. The van der Waals surface area contributed by atoms with Crippen LogP contribution in [-0.2, 0) is 4.74 Å². The predicted octanol–water partition coefficient (Wildman–Crippen LogP) is 3.19. The minimum atomic E-state index is 0.281. The summed E-state index contributed by atoms with van der Waals surface area (Å²) < 4.78 is 6.79. The van der Waals surface area contributed by atoms with E-state index in [2.05, 4.69) is 42.3 Å². The van der Waals surface area contributed by atoms with Crippen molar-refractivity contribution in [3.8, 4) is 0 Å². The molecule has 4 heteroatoms. The highest BCUT2D eigenvalue weighted by atomic mass is 32.1. The summed E-state index contributed by atoms with van der Waals surface area (Å²) >= 11 is 1.72. The van der Waals surface area contributed by atoms with Gasteiger partial charge >= 0.3 is 0 Å². The van der Waals surface area contributed by atoms with E-state index < -0.39 is 0 Å². The van der Waals surface area contributed by atoms with Gasteiger partial charge in [0.25, 0.3) is 0 Å². The fraction of sp³-hybridized carbons (Fsp3) is 0.462. The molecule has 3 rings (SSSR count). The van der Waals surface area contributed by atoms with Gasteiger partial charge in [-0.15, -0.1) is 0 Å². The maximum absolute atomic E-state index is 5.55. The minimum Gasteiger partial charge on any atom is -0.376 e. The minimum absolute atomic E-state index is 0.281. The van der Waals surface area contributed by atoms with Crippen molar-refractivity contribution in [2.75, 3.05) is 11.9 Å². The molecule has 90 valence electrons. The van der Waals surface area contributed by atoms with E-state index in [1.165, 1.54) is 10.3 Å². The Morgan fingerprint density at radius 2 is 2.35 bits per heavy atom. The van der Waals surface area contributed by atoms with Gasteiger partial charge in [-0.1, -0.05) is 17.4 Å².